The van der Waals surface area contributed by atoms with Crippen LogP contribution in [0.2, 0.25) is 0 Å². The minimum absolute atomic E-state index is 0. The quantitative estimate of drug-likeness (QED) is 0.106. The van der Waals surface area contributed by atoms with E-state index >= 15 is 0 Å². The van der Waals surface area contributed by atoms with Crippen molar-refractivity contribution in [2.24, 2.45) is 11.8 Å². The van der Waals surface area contributed by atoms with Crippen LogP contribution in [0.25, 0.3) is 0 Å². The fourth-order valence-electron chi connectivity index (χ4n) is 2.10. The summed E-state index contributed by atoms with van der Waals surface area (Å²) in [4.78, 5) is 17.8. The van der Waals surface area contributed by atoms with Crippen LogP contribution in [0.4, 0.5) is 0 Å². The summed E-state index contributed by atoms with van der Waals surface area (Å²) >= 11 is 0. The maximum absolute atomic E-state index is 8.95. The van der Waals surface area contributed by atoms with E-state index in [2.05, 4.69) is 0 Å². The van der Waals surface area contributed by atoms with Gasteiger partial charge in [0.15, 0.2) is 0 Å². The van der Waals surface area contributed by atoms with Crippen LogP contribution < -0.4 is 10.2 Å². The molecule has 184 valence electrons. The summed E-state index contributed by atoms with van der Waals surface area (Å²) in [6.07, 6.45) is 10.5. The Kier molecular flexibility index (Phi) is 39.5. The Bertz CT molecular complexity index is 317. The normalized spacial score (nSPS) is 10.7. The van der Waals surface area contributed by atoms with Gasteiger partial charge in [-0.1, -0.05) is 0 Å². The molecule has 0 amide bonds. The molecule has 0 radical (unpaired) electrons. The Morgan fingerprint density at radius 3 is 1.13 bits per heavy atom. The number of carbonyl (C=O) groups is 2. The smallest absolute Gasteiger partial charge is 0.550 e. The first kappa shape index (κ1) is 37.6. The molecule has 8 nitrogen and oxygen atoms in total. The van der Waals surface area contributed by atoms with E-state index in [1.807, 2.05) is 0 Å². The Labute approximate surface area is 198 Å². The average Bonchev–Trinajstić information content (AvgIpc) is 2.65. The number of hydrogen-bond donors (Lipinski definition) is 4. The Morgan fingerprint density at radius 2 is 0.900 bits per heavy atom. The summed E-state index contributed by atoms with van der Waals surface area (Å²) in [6.45, 7) is 2.37. The van der Waals surface area contributed by atoms with Crippen LogP contribution in [0.1, 0.15) is 46.0 Å². The minimum atomic E-state index is -1.08. The Balaban J connectivity index is -0.000000319. The molecule has 0 fully saturated rings. The number of aliphatic carboxylic acids is 2. The molecule has 0 aliphatic carbocycles. The number of carbonyl (C=O) groups excluding carboxylic acids is 2. The summed E-state index contributed by atoms with van der Waals surface area (Å²) in [5, 5.41) is 53.6. The molecule has 0 spiro atoms. The van der Waals surface area contributed by atoms with Crippen LogP contribution in [0, 0.1) is 11.8 Å². The van der Waals surface area contributed by atoms with Gasteiger partial charge in [-0.15, -0.1) is 17.2 Å². The predicted octanol–water partition coefficient (Wildman–Crippen LogP) is -0.995. The maximum Gasteiger partial charge on any atom is 2.00 e. The third-order valence-electron chi connectivity index (χ3n) is 3.67. The number of rotatable bonds is 16. The monoisotopic (exact) mass is 564 g/mol. The second-order valence-corrected chi connectivity index (χ2v) is 9.58. The van der Waals surface area contributed by atoms with Gasteiger partial charge in [0, 0.05) is 50.2 Å². The van der Waals surface area contributed by atoms with Crippen molar-refractivity contribution in [2.75, 3.05) is 51.1 Å². The van der Waals surface area contributed by atoms with Gasteiger partial charge in [-0.25, -0.2) is 0 Å². The van der Waals surface area contributed by atoms with E-state index in [0.29, 0.717) is 0 Å². The largest absolute Gasteiger partial charge is 2.00 e. The molecule has 0 aromatic rings. The molecule has 0 rings (SSSR count). The first-order chi connectivity index (χ1) is 13.7. The van der Waals surface area contributed by atoms with Crippen LogP contribution in [0.5, 0.6) is 0 Å². The zero-order valence-corrected chi connectivity index (χ0v) is 21.6. The number of aliphatic hydroxyl groups excluding tert-OH is 4. The molecule has 0 aromatic carbocycles. The molecule has 2 atom stereocenters. The Morgan fingerprint density at radius 1 is 0.667 bits per heavy atom. The molecule has 0 aliphatic rings. The van der Waals surface area contributed by atoms with Gasteiger partial charge in [0.05, 0.1) is 0 Å². The predicted molar refractivity (Wildman–Crippen MR) is 116 cm³/mol. The van der Waals surface area contributed by atoms with Gasteiger partial charge in [-0.3, -0.25) is 0 Å². The molecule has 0 saturated heterocycles. The molecule has 0 saturated carbocycles. The van der Waals surface area contributed by atoms with Crippen molar-refractivity contribution in [1.82, 2.24) is 0 Å². The summed E-state index contributed by atoms with van der Waals surface area (Å²) in [5.74, 6) is -2.00. The third-order valence-corrected chi connectivity index (χ3v) is 6.50. The molecule has 11 heteroatoms. The fraction of sp³-hybridized carbons (Fsp3) is 0.895. The van der Waals surface area contributed by atoms with E-state index in [-0.39, 0.29) is 58.7 Å². The molecule has 2 unspecified atom stereocenters. The van der Waals surface area contributed by atoms with Gasteiger partial charge < -0.3 is 40.2 Å². The zero-order chi connectivity index (χ0) is 22.9. The van der Waals surface area contributed by atoms with Crippen LogP contribution in [-0.2, 0) is 30.0 Å². The van der Waals surface area contributed by atoms with Crippen molar-refractivity contribution < 1.29 is 60.7 Å². The van der Waals surface area contributed by atoms with Gasteiger partial charge >= 0.3 is 20.4 Å². The van der Waals surface area contributed by atoms with E-state index in [1.165, 1.54) is 31.1 Å². The SMILES string of the molecule is CC(=O)[O-].CC(=O)[O-].OCC(CO)CCCPCCCPCCCC(CO)CO.[Pd+2]. The number of carboxylic acid groups (broad SMARTS) is 2. The molecule has 30 heavy (non-hydrogen) atoms. The molecule has 0 aliphatic heterocycles. The van der Waals surface area contributed by atoms with Crippen LogP contribution in [0.15, 0.2) is 0 Å². The molecule has 0 aromatic heterocycles. The molecular formula is C19H40O8P2Pd. The zero-order valence-electron chi connectivity index (χ0n) is 18.1. The number of carboxylic acids is 2. The maximum atomic E-state index is 8.95. The van der Waals surface area contributed by atoms with E-state index < -0.39 is 11.9 Å². The van der Waals surface area contributed by atoms with Crippen molar-refractivity contribution in [2.45, 2.75) is 46.0 Å². The van der Waals surface area contributed by atoms with Gasteiger partial charge in [-0.2, -0.15) is 0 Å². The van der Waals surface area contributed by atoms with E-state index in [4.69, 9.17) is 40.2 Å². The Hall–Kier alpha value is 0.302. The summed E-state index contributed by atoms with van der Waals surface area (Å²) in [5.41, 5.74) is 0. The molecule has 0 bridgehead atoms. The van der Waals surface area contributed by atoms with Crippen molar-refractivity contribution in [3.8, 4) is 0 Å². The van der Waals surface area contributed by atoms with Crippen LogP contribution in [-0.4, -0.2) is 83.4 Å². The molecule has 0 heterocycles. The first-order valence-electron chi connectivity index (χ1n) is 9.95. The molecule has 4 N–H and O–H groups in total. The third kappa shape index (κ3) is 42.4. The first-order valence-corrected chi connectivity index (χ1v) is 12.8. The van der Waals surface area contributed by atoms with Gasteiger partial charge in [-0.05, 0) is 70.6 Å². The van der Waals surface area contributed by atoms with Gasteiger partial charge in [0.2, 0.25) is 0 Å². The van der Waals surface area contributed by atoms with Crippen LogP contribution in [0.3, 0.4) is 0 Å². The molecular weight excluding hydrogens is 525 g/mol. The minimum Gasteiger partial charge on any atom is -0.550 e. The standard InChI is InChI=1S/C15H34O4P2.2C2H4O2.Pd/c16-10-14(11-17)4-1-6-20-8-3-9-21-7-2-5-15(12-18)13-19;2*1-2(3)4;/h14-21H,1-13H2;2*1H3,(H,3,4);/q;;;+2/p-2. The fourth-order valence-corrected chi connectivity index (χ4v) is 4.72. The van der Waals surface area contributed by atoms with E-state index in [9.17, 15) is 0 Å². The summed E-state index contributed by atoms with van der Waals surface area (Å²) < 4.78 is 0. The second kappa shape index (κ2) is 31.5. The van der Waals surface area contributed by atoms with E-state index in [1.54, 1.807) is 0 Å². The topological polar surface area (TPSA) is 161 Å². The van der Waals surface area contributed by atoms with Gasteiger partial charge in [0.1, 0.15) is 0 Å². The summed E-state index contributed by atoms with van der Waals surface area (Å²) in [7, 11) is 2.04. The second-order valence-electron chi connectivity index (χ2n) is 6.58. The van der Waals surface area contributed by atoms with Crippen molar-refractivity contribution >= 4 is 29.1 Å². The summed E-state index contributed by atoms with van der Waals surface area (Å²) in [6, 6.07) is 0. The number of aliphatic hydroxyl groups is 4. The number of hydrogen-bond acceptors (Lipinski definition) is 8. The van der Waals surface area contributed by atoms with Gasteiger partial charge in [0.25, 0.3) is 0 Å². The van der Waals surface area contributed by atoms with Crippen molar-refractivity contribution in [3.63, 3.8) is 0 Å². The van der Waals surface area contributed by atoms with Crippen molar-refractivity contribution in [1.29, 1.82) is 0 Å². The van der Waals surface area contributed by atoms with Crippen molar-refractivity contribution in [3.05, 3.63) is 0 Å². The average molecular weight is 565 g/mol. The van der Waals surface area contributed by atoms with E-state index in [0.717, 1.165) is 56.7 Å². The van der Waals surface area contributed by atoms with Crippen LogP contribution >= 0.6 is 17.2 Å².